The minimum atomic E-state index is -1.79. The third-order valence-electron chi connectivity index (χ3n) is 8.20. The molecule has 0 aromatic heterocycles. The van der Waals surface area contributed by atoms with Crippen molar-refractivity contribution in [1.82, 2.24) is 5.32 Å². The van der Waals surface area contributed by atoms with Gasteiger partial charge in [-0.2, -0.15) is 0 Å². The molecule has 1 saturated carbocycles. The predicted octanol–water partition coefficient (Wildman–Crippen LogP) is -5.96. The molecule has 0 aromatic rings. The van der Waals surface area contributed by atoms with Crippen molar-refractivity contribution in [3.8, 4) is 0 Å². The molecule has 9 unspecified atom stereocenters. The Hall–Kier alpha value is -1.24. The van der Waals surface area contributed by atoms with Gasteiger partial charge in [0.15, 0.2) is 25.0 Å². The fraction of sp³-hybridized carbons (Fsp3) is 0.963. The van der Waals surface area contributed by atoms with Crippen LogP contribution in [0.1, 0.15) is 44.9 Å². The SMILES string of the molecule is NCC(F)C(O)C(=O)NC1CC(N)CC(OC2CCC(CO)O2)C1.NCC1O[C@H](O)CC[C@@H]1O.NC[C@@H]1O[C@H](O)[C@H](N)C(O)[C@@H]1O. The molecule has 4 aliphatic rings. The number of hydrogen-bond acceptors (Lipinski definition) is 17. The summed E-state index contributed by atoms with van der Waals surface area (Å²) in [5.74, 6) is -0.789. The van der Waals surface area contributed by atoms with E-state index in [2.05, 4.69) is 5.32 Å². The summed E-state index contributed by atoms with van der Waals surface area (Å²) in [6.45, 7) is -0.165. The molecule has 0 bridgehead atoms. The van der Waals surface area contributed by atoms with Crippen LogP contribution in [0.4, 0.5) is 4.39 Å². The summed E-state index contributed by atoms with van der Waals surface area (Å²) in [6.07, 6.45) is -6.15. The van der Waals surface area contributed by atoms with Crippen LogP contribution in [-0.4, -0.2) is 160 Å². The number of ether oxygens (including phenoxy) is 4. The number of alkyl halides is 1. The zero-order chi connectivity index (χ0) is 34.6. The van der Waals surface area contributed by atoms with Crippen LogP contribution in [0.5, 0.6) is 0 Å². The van der Waals surface area contributed by atoms with Crippen molar-refractivity contribution in [2.24, 2.45) is 28.7 Å². The lowest BCUT2D eigenvalue weighted by Crippen LogP contribution is -2.62. The van der Waals surface area contributed by atoms with Crippen molar-refractivity contribution in [2.45, 2.75) is 137 Å². The van der Waals surface area contributed by atoms with E-state index in [9.17, 15) is 29.6 Å². The van der Waals surface area contributed by atoms with Gasteiger partial charge in [0.1, 0.15) is 24.5 Å². The van der Waals surface area contributed by atoms with E-state index in [1.165, 1.54) is 0 Å². The number of nitrogens with one attached hydrogen (secondary N) is 1. The number of hydrogen-bond donors (Lipinski definition) is 13. The van der Waals surface area contributed by atoms with Crippen LogP contribution < -0.4 is 34.0 Å². The van der Waals surface area contributed by atoms with Crippen molar-refractivity contribution < 1.29 is 63.9 Å². The number of halogens is 1. The van der Waals surface area contributed by atoms with E-state index >= 15 is 0 Å². The maximum atomic E-state index is 13.3. The van der Waals surface area contributed by atoms with Crippen LogP contribution in [0.3, 0.4) is 0 Å². The fourth-order valence-electron chi connectivity index (χ4n) is 5.47. The van der Waals surface area contributed by atoms with Crippen LogP contribution in [-0.2, 0) is 23.7 Å². The first-order valence-corrected chi connectivity index (χ1v) is 15.6. The Morgan fingerprint density at radius 2 is 1.57 bits per heavy atom. The molecular weight excluding hydrogens is 619 g/mol. The Kier molecular flexibility index (Phi) is 18.1. The molecule has 0 spiro atoms. The minimum absolute atomic E-state index is 0.0298. The first-order valence-electron chi connectivity index (χ1n) is 15.6. The summed E-state index contributed by atoms with van der Waals surface area (Å²) in [5, 5.41) is 67.0. The number of aliphatic hydroxyl groups excluding tert-OH is 7. The number of carbonyl (C=O) groups is 1. The van der Waals surface area contributed by atoms with Gasteiger partial charge in [0.2, 0.25) is 0 Å². The molecule has 19 heteroatoms. The van der Waals surface area contributed by atoms with E-state index in [1.807, 2.05) is 0 Å². The third-order valence-corrected chi connectivity index (χ3v) is 8.20. The van der Waals surface area contributed by atoms with Crippen LogP contribution in [0.2, 0.25) is 0 Å². The summed E-state index contributed by atoms with van der Waals surface area (Å²) in [7, 11) is 0. The standard InChI is InChI=1S/C15H28FN3O5.C6H14N2O4.C6H13NO3/c16-12(6-17)14(21)15(22)19-9-3-8(18)4-11(5-9)24-13-2-1-10(7-20)23-13;7-1-2-4(9)5(10)3(8)6(11)12-2;7-3-5-4(8)1-2-6(9)10-5/h8-14,20-21H,1-7,17-18H2,(H,19,22);2-6,9-11H,1,7-8H2;4-6,8-9H,1-3,7H2/t;2-,3+,4+,5?,6-;4-,5?,6-/m.00/s1. The number of carbonyl (C=O) groups excluding carboxylic acids is 1. The highest BCUT2D eigenvalue weighted by Gasteiger charge is 2.41. The van der Waals surface area contributed by atoms with Crippen molar-refractivity contribution in [1.29, 1.82) is 0 Å². The number of rotatable bonds is 9. The molecule has 3 heterocycles. The molecule has 18 N–H and O–H groups in total. The van der Waals surface area contributed by atoms with E-state index in [0.29, 0.717) is 38.5 Å². The minimum Gasteiger partial charge on any atom is -0.394 e. The molecule has 1 amide bonds. The zero-order valence-electron chi connectivity index (χ0n) is 25.9. The molecule has 3 saturated heterocycles. The highest BCUT2D eigenvalue weighted by Crippen LogP contribution is 2.27. The van der Waals surface area contributed by atoms with Gasteiger partial charge >= 0.3 is 0 Å². The van der Waals surface area contributed by atoms with Gasteiger partial charge in [-0.15, -0.1) is 0 Å². The van der Waals surface area contributed by atoms with Crippen LogP contribution in [0, 0.1) is 0 Å². The van der Waals surface area contributed by atoms with E-state index < -0.39 is 67.8 Å². The smallest absolute Gasteiger partial charge is 0.252 e. The van der Waals surface area contributed by atoms with Gasteiger partial charge in [-0.3, -0.25) is 4.79 Å². The molecule has 1 aliphatic carbocycles. The molecule has 15 atom stereocenters. The second-order valence-electron chi connectivity index (χ2n) is 11.9. The molecule has 4 fully saturated rings. The molecule has 18 nitrogen and oxygen atoms in total. The van der Waals surface area contributed by atoms with Crippen molar-refractivity contribution in [3.05, 3.63) is 0 Å². The first kappa shape index (κ1) is 40.9. The average Bonchev–Trinajstić information content (AvgIpc) is 3.49. The summed E-state index contributed by atoms with van der Waals surface area (Å²) in [4.78, 5) is 11.9. The molecule has 3 aliphatic heterocycles. The second-order valence-corrected chi connectivity index (χ2v) is 11.9. The maximum Gasteiger partial charge on any atom is 0.252 e. The van der Waals surface area contributed by atoms with E-state index in [1.54, 1.807) is 0 Å². The molecule has 272 valence electrons. The molecule has 0 radical (unpaired) electrons. The summed E-state index contributed by atoms with van der Waals surface area (Å²) in [6, 6.07) is -1.46. The van der Waals surface area contributed by atoms with Crippen LogP contribution in [0.15, 0.2) is 0 Å². The lowest BCUT2D eigenvalue weighted by atomic mass is 9.89. The van der Waals surface area contributed by atoms with Crippen molar-refractivity contribution in [2.75, 3.05) is 26.2 Å². The van der Waals surface area contributed by atoms with E-state index in [4.69, 9.17) is 62.9 Å². The lowest BCUT2D eigenvalue weighted by Gasteiger charge is -2.38. The van der Waals surface area contributed by atoms with Gasteiger partial charge in [-0.1, -0.05) is 0 Å². The van der Waals surface area contributed by atoms with Gasteiger partial charge in [0.25, 0.3) is 5.91 Å². The van der Waals surface area contributed by atoms with E-state index in [-0.39, 0.29) is 56.4 Å². The van der Waals surface area contributed by atoms with Crippen LogP contribution in [0.25, 0.3) is 0 Å². The van der Waals surface area contributed by atoms with Gasteiger partial charge in [0, 0.05) is 44.6 Å². The van der Waals surface area contributed by atoms with Gasteiger partial charge in [0.05, 0.1) is 37.1 Å². The highest BCUT2D eigenvalue weighted by molar-refractivity contribution is 5.81. The third kappa shape index (κ3) is 12.7. The molecule has 46 heavy (non-hydrogen) atoms. The van der Waals surface area contributed by atoms with Crippen molar-refractivity contribution >= 4 is 5.91 Å². The van der Waals surface area contributed by atoms with Gasteiger partial charge in [-0.25, -0.2) is 4.39 Å². The quantitative estimate of drug-likeness (QED) is 0.108. The fourth-order valence-corrected chi connectivity index (χ4v) is 5.47. The highest BCUT2D eigenvalue weighted by atomic mass is 19.1. The topological polar surface area (TPSA) is 338 Å². The Balaban J connectivity index is 0.000000277. The lowest BCUT2D eigenvalue weighted by molar-refractivity contribution is -0.238. The average molecular weight is 675 g/mol. The summed E-state index contributed by atoms with van der Waals surface area (Å²) >= 11 is 0. The maximum absolute atomic E-state index is 13.3. The number of amides is 1. The normalized spacial score (nSPS) is 40.8. The van der Waals surface area contributed by atoms with Gasteiger partial charge < -0.3 is 88.7 Å². The Morgan fingerprint density at radius 1 is 0.891 bits per heavy atom. The monoisotopic (exact) mass is 674 g/mol. The van der Waals surface area contributed by atoms with E-state index in [0.717, 1.165) is 6.42 Å². The Labute approximate surface area is 267 Å². The number of nitrogens with two attached hydrogens (primary N) is 5. The molecule has 0 aromatic carbocycles. The summed E-state index contributed by atoms with van der Waals surface area (Å²) in [5.41, 5.74) is 26.9. The Morgan fingerprint density at radius 3 is 2.13 bits per heavy atom. The molecular formula is C27H55FN6O12. The second kappa shape index (κ2) is 20.3. The van der Waals surface area contributed by atoms with Crippen LogP contribution >= 0.6 is 0 Å². The Bertz CT molecular complexity index is 871. The first-order chi connectivity index (χ1) is 21.7. The molecule has 4 rings (SSSR count). The predicted molar refractivity (Wildman–Crippen MR) is 159 cm³/mol. The number of aliphatic hydroxyl groups is 7. The zero-order valence-corrected chi connectivity index (χ0v) is 25.9. The summed E-state index contributed by atoms with van der Waals surface area (Å²) < 4.78 is 34.5. The van der Waals surface area contributed by atoms with Crippen molar-refractivity contribution in [3.63, 3.8) is 0 Å². The largest absolute Gasteiger partial charge is 0.394 e. The van der Waals surface area contributed by atoms with Gasteiger partial charge in [-0.05, 0) is 32.1 Å².